The fourth-order valence-electron chi connectivity index (χ4n) is 1.89. The molecule has 0 saturated carbocycles. The first-order valence-corrected chi connectivity index (χ1v) is 6.03. The maximum Gasteiger partial charge on any atom is 0.326 e. The summed E-state index contributed by atoms with van der Waals surface area (Å²) < 4.78 is 0. The Morgan fingerprint density at radius 2 is 1.82 bits per heavy atom. The van der Waals surface area contributed by atoms with E-state index in [1.165, 1.54) is 5.56 Å². The lowest BCUT2D eigenvalue weighted by Gasteiger charge is -2.26. The van der Waals surface area contributed by atoms with Crippen LogP contribution in [-0.4, -0.2) is 24.2 Å². The van der Waals surface area contributed by atoms with Crippen molar-refractivity contribution in [2.24, 2.45) is 0 Å². The zero-order valence-electron chi connectivity index (χ0n) is 11.0. The van der Waals surface area contributed by atoms with Gasteiger partial charge >= 0.3 is 5.97 Å². The van der Waals surface area contributed by atoms with Gasteiger partial charge in [-0.05, 0) is 30.0 Å². The molecule has 0 aliphatic carbocycles. The molecule has 0 saturated heterocycles. The number of benzene rings is 1. The molecule has 17 heavy (non-hydrogen) atoms. The average Bonchev–Trinajstić information content (AvgIpc) is 2.29. The third kappa shape index (κ3) is 3.22. The topological polar surface area (TPSA) is 40.5 Å². The molecule has 0 aromatic heterocycles. The standard InChI is InChI=1S/C14H21NO2/c1-5-13(14(16)17)15(4)12-8-6-11(7-9-12)10(2)3/h6-10,13H,5H2,1-4H3,(H,16,17)/t13-/m0/s1. The second-order valence-electron chi connectivity index (χ2n) is 4.62. The highest BCUT2D eigenvalue weighted by Crippen LogP contribution is 2.21. The SMILES string of the molecule is CC[C@@H](C(=O)O)N(C)c1ccc(C(C)C)cc1. The van der Waals surface area contributed by atoms with Gasteiger partial charge in [-0.25, -0.2) is 4.79 Å². The van der Waals surface area contributed by atoms with Crippen LogP contribution in [0.3, 0.4) is 0 Å². The number of hydrogen-bond acceptors (Lipinski definition) is 2. The van der Waals surface area contributed by atoms with Crippen molar-refractivity contribution in [3.63, 3.8) is 0 Å². The minimum Gasteiger partial charge on any atom is -0.480 e. The summed E-state index contributed by atoms with van der Waals surface area (Å²) in [5.41, 5.74) is 2.22. The Kier molecular flexibility index (Phi) is 4.55. The zero-order chi connectivity index (χ0) is 13.0. The van der Waals surface area contributed by atoms with Crippen molar-refractivity contribution in [1.29, 1.82) is 0 Å². The van der Waals surface area contributed by atoms with Gasteiger partial charge < -0.3 is 10.0 Å². The molecule has 1 atom stereocenters. The number of likely N-dealkylation sites (N-methyl/N-ethyl adjacent to an activating group) is 1. The lowest BCUT2D eigenvalue weighted by molar-refractivity contribution is -0.138. The van der Waals surface area contributed by atoms with E-state index in [2.05, 4.69) is 26.0 Å². The molecule has 3 heteroatoms. The van der Waals surface area contributed by atoms with Crippen LogP contribution in [0.2, 0.25) is 0 Å². The summed E-state index contributed by atoms with van der Waals surface area (Å²) >= 11 is 0. The molecule has 0 aliphatic rings. The lowest BCUT2D eigenvalue weighted by Crippen LogP contribution is -2.37. The second kappa shape index (κ2) is 5.71. The molecule has 0 radical (unpaired) electrons. The van der Waals surface area contributed by atoms with Gasteiger partial charge in [-0.15, -0.1) is 0 Å². The van der Waals surface area contributed by atoms with Gasteiger partial charge in [0, 0.05) is 12.7 Å². The van der Waals surface area contributed by atoms with E-state index in [4.69, 9.17) is 5.11 Å². The molecule has 0 bridgehead atoms. The van der Waals surface area contributed by atoms with Crippen LogP contribution < -0.4 is 4.90 Å². The molecule has 0 heterocycles. The lowest BCUT2D eigenvalue weighted by atomic mass is 10.0. The number of carboxylic acid groups (broad SMARTS) is 1. The van der Waals surface area contributed by atoms with E-state index in [-0.39, 0.29) is 0 Å². The first-order chi connectivity index (χ1) is 7.97. The number of anilines is 1. The Bertz CT molecular complexity index is 370. The monoisotopic (exact) mass is 235 g/mol. The maximum absolute atomic E-state index is 11.1. The molecule has 1 aromatic carbocycles. The van der Waals surface area contributed by atoms with Crippen molar-refractivity contribution in [2.75, 3.05) is 11.9 Å². The van der Waals surface area contributed by atoms with Crippen LogP contribution in [0.25, 0.3) is 0 Å². The average molecular weight is 235 g/mol. The fourth-order valence-corrected chi connectivity index (χ4v) is 1.89. The Morgan fingerprint density at radius 3 is 2.18 bits per heavy atom. The maximum atomic E-state index is 11.1. The van der Waals surface area contributed by atoms with Gasteiger partial charge in [0.05, 0.1) is 0 Å². The third-order valence-electron chi connectivity index (χ3n) is 3.11. The molecule has 1 aromatic rings. The Morgan fingerprint density at radius 1 is 1.29 bits per heavy atom. The van der Waals surface area contributed by atoms with Crippen molar-refractivity contribution in [3.8, 4) is 0 Å². The number of nitrogens with zero attached hydrogens (tertiary/aromatic N) is 1. The van der Waals surface area contributed by atoms with Crippen molar-refractivity contribution >= 4 is 11.7 Å². The summed E-state index contributed by atoms with van der Waals surface area (Å²) in [7, 11) is 1.83. The molecule has 94 valence electrons. The van der Waals surface area contributed by atoms with E-state index >= 15 is 0 Å². The van der Waals surface area contributed by atoms with Gasteiger partial charge in [-0.3, -0.25) is 0 Å². The van der Waals surface area contributed by atoms with Gasteiger partial charge in [-0.1, -0.05) is 32.9 Å². The van der Waals surface area contributed by atoms with E-state index in [0.717, 1.165) is 5.69 Å². The summed E-state index contributed by atoms with van der Waals surface area (Å²) in [4.78, 5) is 12.9. The van der Waals surface area contributed by atoms with Gasteiger partial charge in [0.15, 0.2) is 0 Å². The summed E-state index contributed by atoms with van der Waals surface area (Å²) in [6, 6.07) is 7.64. The van der Waals surface area contributed by atoms with Gasteiger partial charge in [0.2, 0.25) is 0 Å². The molecule has 0 amide bonds. The molecule has 0 fully saturated rings. The minimum absolute atomic E-state index is 0.458. The van der Waals surface area contributed by atoms with Crippen LogP contribution in [0.4, 0.5) is 5.69 Å². The van der Waals surface area contributed by atoms with Crippen LogP contribution in [-0.2, 0) is 4.79 Å². The van der Waals surface area contributed by atoms with Crippen LogP contribution in [0.5, 0.6) is 0 Å². The largest absolute Gasteiger partial charge is 0.480 e. The van der Waals surface area contributed by atoms with Crippen LogP contribution in [0.15, 0.2) is 24.3 Å². The third-order valence-corrected chi connectivity index (χ3v) is 3.11. The van der Waals surface area contributed by atoms with E-state index in [0.29, 0.717) is 12.3 Å². The van der Waals surface area contributed by atoms with E-state index in [1.54, 1.807) is 0 Å². The van der Waals surface area contributed by atoms with Gasteiger partial charge in [-0.2, -0.15) is 0 Å². The number of rotatable bonds is 5. The second-order valence-corrected chi connectivity index (χ2v) is 4.62. The highest BCUT2D eigenvalue weighted by molar-refractivity contribution is 5.78. The van der Waals surface area contributed by atoms with Crippen LogP contribution in [0.1, 0.15) is 38.7 Å². The van der Waals surface area contributed by atoms with Crippen molar-refractivity contribution < 1.29 is 9.90 Å². The van der Waals surface area contributed by atoms with Gasteiger partial charge in [0.25, 0.3) is 0 Å². The summed E-state index contributed by atoms with van der Waals surface area (Å²) in [5.74, 6) is -0.279. The molecule has 0 spiro atoms. The summed E-state index contributed by atoms with van der Waals surface area (Å²) in [6.45, 7) is 6.17. The normalized spacial score (nSPS) is 12.5. The minimum atomic E-state index is -0.775. The van der Waals surface area contributed by atoms with E-state index in [9.17, 15) is 4.79 Å². The van der Waals surface area contributed by atoms with Crippen molar-refractivity contribution in [3.05, 3.63) is 29.8 Å². The van der Waals surface area contributed by atoms with Crippen LogP contribution in [0, 0.1) is 0 Å². The van der Waals surface area contributed by atoms with E-state index < -0.39 is 12.0 Å². The molecule has 0 unspecified atom stereocenters. The number of carbonyl (C=O) groups is 1. The van der Waals surface area contributed by atoms with E-state index in [1.807, 2.05) is 31.0 Å². The Hall–Kier alpha value is -1.51. The smallest absolute Gasteiger partial charge is 0.326 e. The highest BCUT2D eigenvalue weighted by atomic mass is 16.4. The zero-order valence-corrected chi connectivity index (χ0v) is 11.0. The molecule has 3 nitrogen and oxygen atoms in total. The van der Waals surface area contributed by atoms with Gasteiger partial charge in [0.1, 0.15) is 6.04 Å². The van der Waals surface area contributed by atoms with Crippen LogP contribution >= 0.6 is 0 Å². The molecule has 0 aliphatic heterocycles. The number of aliphatic carboxylic acids is 1. The first kappa shape index (κ1) is 13.6. The molecular weight excluding hydrogens is 214 g/mol. The summed E-state index contributed by atoms with van der Waals surface area (Å²) in [6.07, 6.45) is 0.595. The fraction of sp³-hybridized carbons (Fsp3) is 0.500. The number of carboxylic acids is 1. The van der Waals surface area contributed by atoms with Crippen molar-refractivity contribution in [2.45, 2.75) is 39.2 Å². The predicted octanol–water partition coefficient (Wildman–Crippen LogP) is 3.11. The molecule has 1 rings (SSSR count). The first-order valence-electron chi connectivity index (χ1n) is 6.03. The van der Waals surface area contributed by atoms with Crippen molar-refractivity contribution in [1.82, 2.24) is 0 Å². The highest BCUT2D eigenvalue weighted by Gasteiger charge is 2.20. The quantitative estimate of drug-likeness (QED) is 0.852. The Labute approximate surface area is 103 Å². The number of hydrogen-bond donors (Lipinski definition) is 1. The Balaban J connectivity index is 2.88. The predicted molar refractivity (Wildman–Crippen MR) is 70.6 cm³/mol. The molecule has 1 N–H and O–H groups in total. The summed E-state index contributed by atoms with van der Waals surface area (Å²) in [5, 5.41) is 9.11. The molecular formula is C14H21NO2.